The van der Waals surface area contributed by atoms with Crippen LogP contribution in [-0.4, -0.2) is 50.7 Å². The van der Waals surface area contributed by atoms with Crippen LogP contribution in [0.4, 0.5) is 10.1 Å². The minimum absolute atomic E-state index is 0.118. The summed E-state index contributed by atoms with van der Waals surface area (Å²) >= 11 is 0. The van der Waals surface area contributed by atoms with Crippen molar-refractivity contribution in [2.75, 3.05) is 6.61 Å². The lowest BCUT2D eigenvalue weighted by Crippen LogP contribution is -2.69. The van der Waals surface area contributed by atoms with E-state index in [2.05, 4.69) is 0 Å². The van der Waals surface area contributed by atoms with Crippen LogP contribution < -0.4 is 0 Å². The summed E-state index contributed by atoms with van der Waals surface area (Å²) in [6, 6.07) is 6.08. The van der Waals surface area contributed by atoms with Crippen LogP contribution in [0.3, 0.4) is 0 Å². The van der Waals surface area contributed by atoms with Gasteiger partial charge in [-0.2, -0.15) is 0 Å². The number of para-hydroxylation sites is 1. The van der Waals surface area contributed by atoms with Crippen molar-refractivity contribution in [3.63, 3.8) is 0 Å². The van der Waals surface area contributed by atoms with Gasteiger partial charge in [0, 0.05) is 22.8 Å². The first-order valence-electron chi connectivity index (χ1n) is 13.2. The molecule has 8 nitrogen and oxygen atoms in total. The van der Waals surface area contributed by atoms with E-state index in [-0.39, 0.29) is 30.4 Å². The minimum atomic E-state index is -2.05. The summed E-state index contributed by atoms with van der Waals surface area (Å²) in [4.78, 5) is 36.4. The van der Waals surface area contributed by atoms with Gasteiger partial charge in [-0.05, 0) is 62.7 Å². The molecule has 3 fully saturated rings. The number of nitrogens with zero attached hydrogens (tertiary/aromatic N) is 1. The van der Waals surface area contributed by atoms with Crippen molar-refractivity contribution in [3.8, 4) is 0 Å². The summed E-state index contributed by atoms with van der Waals surface area (Å²) in [5, 5.41) is 34.7. The zero-order valence-corrected chi connectivity index (χ0v) is 21.9. The molecule has 9 heteroatoms. The highest BCUT2D eigenvalue weighted by atomic mass is 19.1. The molecule has 38 heavy (non-hydrogen) atoms. The summed E-state index contributed by atoms with van der Waals surface area (Å²) in [5.74, 6) is -2.27. The lowest BCUT2D eigenvalue weighted by atomic mass is 9.44. The van der Waals surface area contributed by atoms with E-state index in [1.54, 1.807) is 45.0 Å². The number of rotatable bonds is 6. The van der Waals surface area contributed by atoms with Crippen LogP contribution in [0.5, 0.6) is 0 Å². The molecule has 0 saturated heterocycles. The van der Waals surface area contributed by atoms with Gasteiger partial charge in [0.1, 0.15) is 12.2 Å². The maximum Gasteiger partial charge on any atom is 0.274 e. The van der Waals surface area contributed by atoms with Crippen LogP contribution in [0, 0.1) is 38.7 Å². The fourth-order valence-electron chi connectivity index (χ4n) is 8.32. The molecule has 0 aromatic heterocycles. The number of Topliss-reactive ketones (excluding diaryl/α,β-unsaturated/α-hetero) is 1. The molecule has 2 N–H and O–H groups in total. The maximum absolute atomic E-state index is 17.2. The van der Waals surface area contributed by atoms with Crippen molar-refractivity contribution in [3.05, 3.63) is 63.7 Å². The molecule has 1 aromatic rings. The molecular weight excluding hydrogens is 493 g/mol. The second-order valence-electron chi connectivity index (χ2n) is 12.0. The van der Waals surface area contributed by atoms with Gasteiger partial charge in [-0.15, -0.1) is 0 Å². The monoisotopic (exact) mass is 527 g/mol. The Morgan fingerprint density at radius 2 is 1.97 bits per heavy atom. The van der Waals surface area contributed by atoms with E-state index in [9.17, 15) is 29.9 Å². The number of ether oxygens (including phenoxy) is 1. The third-order valence-corrected chi connectivity index (χ3v) is 10.3. The number of fused-ring (bicyclic) bond motifs is 5. The lowest BCUT2D eigenvalue weighted by Gasteiger charge is -2.62. The summed E-state index contributed by atoms with van der Waals surface area (Å²) in [6.07, 6.45) is 4.15. The number of carbonyl (C=O) groups is 2. The number of hydrogen-bond donors (Lipinski definition) is 2. The standard InChI is InChI=1S/C29H34FNO7/c1-17-12-22-21-9-8-19-13-20(32)10-11-26(19,2)28(21,30)24(33)14-27(22,3)29(17,35)25(34)16-38-15-18-6-4-5-7-23(18)31(36)37/h4-7,10-11,13,17,21-22,24,33,35H,8-9,12,14-16H2,1-3H3/t17-,21+,22+,24+,26+,27+,28+,29+/m1/s1. The summed E-state index contributed by atoms with van der Waals surface area (Å²) in [5.41, 5.74) is -5.29. The number of halogens is 1. The number of benzene rings is 1. The third-order valence-electron chi connectivity index (χ3n) is 10.3. The van der Waals surface area contributed by atoms with Crippen molar-refractivity contribution >= 4 is 17.3 Å². The van der Waals surface area contributed by atoms with Crippen molar-refractivity contribution in [1.82, 2.24) is 0 Å². The largest absolute Gasteiger partial charge is 0.390 e. The number of aliphatic hydroxyl groups is 2. The van der Waals surface area contributed by atoms with Gasteiger partial charge < -0.3 is 14.9 Å². The fourth-order valence-corrected chi connectivity index (χ4v) is 8.32. The number of carbonyl (C=O) groups excluding carboxylic acids is 2. The third kappa shape index (κ3) is 3.44. The van der Waals surface area contributed by atoms with Crippen LogP contribution >= 0.6 is 0 Å². The molecule has 4 aliphatic carbocycles. The zero-order valence-electron chi connectivity index (χ0n) is 21.9. The molecule has 3 saturated carbocycles. The number of nitro groups is 1. The van der Waals surface area contributed by atoms with E-state index in [1.165, 1.54) is 18.2 Å². The number of aliphatic hydroxyl groups excluding tert-OH is 1. The Morgan fingerprint density at radius 3 is 2.68 bits per heavy atom. The highest BCUT2D eigenvalue weighted by Gasteiger charge is 2.75. The number of alkyl halides is 1. The Morgan fingerprint density at radius 1 is 1.26 bits per heavy atom. The molecule has 0 bridgehead atoms. The quantitative estimate of drug-likeness (QED) is 0.422. The van der Waals surface area contributed by atoms with Gasteiger partial charge in [-0.3, -0.25) is 19.7 Å². The summed E-state index contributed by atoms with van der Waals surface area (Å²) in [7, 11) is 0. The van der Waals surface area contributed by atoms with Crippen molar-refractivity contribution in [1.29, 1.82) is 0 Å². The van der Waals surface area contributed by atoms with Gasteiger partial charge in [-0.25, -0.2) is 4.39 Å². The van der Waals surface area contributed by atoms with Crippen LogP contribution in [0.15, 0.2) is 48.1 Å². The molecule has 4 aliphatic rings. The lowest BCUT2D eigenvalue weighted by molar-refractivity contribution is -0.385. The molecule has 0 aliphatic heterocycles. The first kappa shape index (κ1) is 26.8. The number of nitro benzene ring substituents is 1. The number of ketones is 2. The molecule has 204 valence electrons. The van der Waals surface area contributed by atoms with E-state index in [0.717, 1.165) is 0 Å². The van der Waals surface area contributed by atoms with Gasteiger partial charge in [0.05, 0.1) is 23.2 Å². The van der Waals surface area contributed by atoms with Crippen LogP contribution in [0.1, 0.15) is 52.0 Å². The Labute approximate surface area is 220 Å². The van der Waals surface area contributed by atoms with Gasteiger partial charge >= 0.3 is 0 Å². The maximum atomic E-state index is 17.2. The molecule has 0 unspecified atom stereocenters. The van der Waals surface area contributed by atoms with Crippen LogP contribution in [0.2, 0.25) is 0 Å². The smallest absolute Gasteiger partial charge is 0.274 e. The van der Waals surface area contributed by atoms with Crippen LogP contribution in [-0.2, 0) is 20.9 Å². The van der Waals surface area contributed by atoms with Gasteiger partial charge in [-0.1, -0.05) is 37.6 Å². The first-order valence-corrected chi connectivity index (χ1v) is 13.2. The van der Waals surface area contributed by atoms with Gasteiger partial charge in [0.25, 0.3) is 5.69 Å². The molecule has 0 spiro atoms. The Bertz CT molecular complexity index is 1260. The Kier molecular flexibility index (Phi) is 6.28. The van der Waals surface area contributed by atoms with Crippen molar-refractivity contribution in [2.24, 2.45) is 28.6 Å². The Balaban J connectivity index is 1.41. The van der Waals surface area contributed by atoms with E-state index < -0.39 is 57.4 Å². The van der Waals surface area contributed by atoms with E-state index in [4.69, 9.17) is 4.74 Å². The van der Waals surface area contributed by atoms with Crippen molar-refractivity contribution in [2.45, 2.75) is 70.4 Å². The average Bonchev–Trinajstić information content (AvgIpc) is 3.07. The second-order valence-corrected chi connectivity index (χ2v) is 12.0. The van der Waals surface area contributed by atoms with Gasteiger partial charge in [0.2, 0.25) is 0 Å². The molecule has 8 atom stereocenters. The van der Waals surface area contributed by atoms with Crippen LogP contribution in [0.25, 0.3) is 0 Å². The second kappa shape index (κ2) is 8.89. The van der Waals surface area contributed by atoms with Crippen molar-refractivity contribution < 1.29 is 33.9 Å². The molecular formula is C29H34FNO7. The first-order chi connectivity index (χ1) is 17.8. The predicted octanol–water partition coefficient (Wildman–Crippen LogP) is 4.03. The average molecular weight is 528 g/mol. The molecule has 0 heterocycles. The van der Waals surface area contributed by atoms with E-state index in [0.29, 0.717) is 30.4 Å². The predicted molar refractivity (Wildman–Crippen MR) is 136 cm³/mol. The van der Waals surface area contributed by atoms with E-state index >= 15 is 4.39 Å². The summed E-state index contributed by atoms with van der Waals surface area (Å²) in [6.45, 7) is 4.62. The molecule has 0 amide bonds. The fraction of sp³-hybridized carbons (Fsp3) is 0.586. The number of hydrogen-bond acceptors (Lipinski definition) is 7. The van der Waals surface area contributed by atoms with E-state index in [1.807, 2.05) is 0 Å². The molecule has 1 aromatic carbocycles. The number of allylic oxidation sites excluding steroid dienone is 4. The highest BCUT2D eigenvalue weighted by molar-refractivity contribution is 6.01. The Hall–Kier alpha value is -2.75. The normalized spacial score (nSPS) is 41.6. The van der Waals surface area contributed by atoms with Gasteiger partial charge in [0.15, 0.2) is 17.2 Å². The SMILES string of the molecule is C[C@@H]1C[C@H]2[C@@H]3CCC4=CC(=O)C=C[C@]4(C)[C@@]3(F)[C@@H](O)C[C@]2(C)[C@@]1(O)C(=O)COCc1ccccc1[N+](=O)[O-]. The summed E-state index contributed by atoms with van der Waals surface area (Å²) < 4.78 is 22.8. The topological polar surface area (TPSA) is 127 Å². The zero-order chi connectivity index (χ0) is 27.7. The minimum Gasteiger partial charge on any atom is -0.390 e. The highest BCUT2D eigenvalue weighted by Crippen LogP contribution is 2.70. The molecule has 0 radical (unpaired) electrons. The molecule has 5 rings (SSSR count).